The molecule has 0 aliphatic heterocycles. The predicted octanol–water partition coefficient (Wildman–Crippen LogP) is 1.19. The number of phenols is 1. The minimum absolute atomic E-state index is 0.102. The number of nitrogens with one attached hydrogen (secondary N) is 1. The van der Waals surface area contributed by atoms with Crippen LogP contribution in [0.1, 0.15) is 17.0 Å². The molecule has 0 atom stereocenters. The number of anilines is 1. The van der Waals surface area contributed by atoms with E-state index in [-0.39, 0.29) is 5.75 Å². The molecule has 1 aromatic heterocycles. The number of benzene rings is 1. The average Bonchev–Trinajstić information content (AvgIpc) is 2.82. The summed E-state index contributed by atoms with van der Waals surface area (Å²) in [5.74, 6) is 7.07. The van der Waals surface area contributed by atoms with E-state index in [9.17, 15) is 5.11 Å². The van der Waals surface area contributed by atoms with Crippen molar-refractivity contribution in [1.29, 1.82) is 0 Å². The van der Waals surface area contributed by atoms with Crippen molar-refractivity contribution in [3.63, 3.8) is 0 Å². The van der Waals surface area contributed by atoms with Gasteiger partial charge in [0.2, 0.25) is 0 Å². The number of nitrogens with two attached hydrogens (primary N) is 1. The Labute approximate surface area is 127 Å². The lowest BCUT2D eigenvalue weighted by Gasteiger charge is -2.09. The van der Waals surface area contributed by atoms with Crippen molar-refractivity contribution in [2.24, 2.45) is 5.10 Å². The maximum absolute atomic E-state index is 10.0. The standard InChI is InChI=1S/C14H18N6O2/c1-4-5-11-6-10(7-12(22-3)13(11)21)8-16-18-14-19-17-9(2)20(14)15/h4,6-8,21H,1,5,15H2,2-3H3,(H,18,19)/b16-8-. The van der Waals surface area contributed by atoms with E-state index in [1.54, 1.807) is 31.3 Å². The number of ether oxygens (including phenoxy) is 1. The molecule has 0 unspecified atom stereocenters. The van der Waals surface area contributed by atoms with Gasteiger partial charge in [-0.3, -0.25) is 0 Å². The maximum Gasteiger partial charge on any atom is 0.263 e. The van der Waals surface area contributed by atoms with Crippen LogP contribution in [0.3, 0.4) is 0 Å². The highest BCUT2D eigenvalue weighted by molar-refractivity contribution is 5.82. The number of aromatic nitrogens is 3. The molecule has 1 heterocycles. The van der Waals surface area contributed by atoms with E-state index in [0.717, 1.165) is 5.56 Å². The van der Waals surface area contributed by atoms with Gasteiger partial charge in [-0.2, -0.15) is 5.10 Å². The summed E-state index contributed by atoms with van der Waals surface area (Å²) < 4.78 is 6.44. The molecule has 2 rings (SSSR count). The number of aromatic hydroxyl groups is 1. The number of hydrogen-bond donors (Lipinski definition) is 3. The van der Waals surface area contributed by atoms with Crippen molar-refractivity contribution >= 4 is 12.2 Å². The van der Waals surface area contributed by atoms with Crippen LogP contribution in [0.25, 0.3) is 0 Å². The SMILES string of the molecule is C=CCc1cc(/C=N\Nc2nnc(C)n2N)cc(OC)c1O. The summed E-state index contributed by atoms with van der Waals surface area (Å²) in [6, 6.07) is 3.47. The summed E-state index contributed by atoms with van der Waals surface area (Å²) in [5, 5.41) is 21.7. The zero-order chi connectivity index (χ0) is 16.1. The summed E-state index contributed by atoms with van der Waals surface area (Å²) in [5.41, 5.74) is 4.15. The maximum atomic E-state index is 10.0. The first-order valence-electron chi connectivity index (χ1n) is 6.53. The van der Waals surface area contributed by atoms with Crippen molar-refractivity contribution in [2.45, 2.75) is 13.3 Å². The van der Waals surface area contributed by atoms with E-state index in [4.69, 9.17) is 10.6 Å². The van der Waals surface area contributed by atoms with E-state index in [1.807, 2.05) is 0 Å². The molecule has 1 aromatic carbocycles. The molecular weight excluding hydrogens is 284 g/mol. The van der Waals surface area contributed by atoms with Gasteiger partial charge in [0.05, 0.1) is 13.3 Å². The normalized spacial score (nSPS) is 10.8. The number of hydrazone groups is 1. The second kappa shape index (κ2) is 6.61. The van der Waals surface area contributed by atoms with Gasteiger partial charge in [-0.05, 0) is 31.0 Å². The third-order valence-corrected chi connectivity index (χ3v) is 3.00. The fourth-order valence-electron chi connectivity index (χ4n) is 1.84. The van der Waals surface area contributed by atoms with Crippen molar-refractivity contribution in [3.8, 4) is 11.5 Å². The van der Waals surface area contributed by atoms with E-state index < -0.39 is 0 Å². The van der Waals surface area contributed by atoms with Gasteiger partial charge < -0.3 is 15.7 Å². The number of hydrogen-bond acceptors (Lipinski definition) is 7. The van der Waals surface area contributed by atoms with Crippen LogP contribution in [0.15, 0.2) is 29.9 Å². The van der Waals surface area contributed by atoms with E-state index in [2.05, 4.69) is 27.3 Å². The molecule has 0 saturated carbocycles. The lowest BCUT2D eigenvalue weighted by atomic mass is 10.1. The van der Waals surface area contributed by atoms with E-state index in [0.29, 0.717) is 29.5 Å². The molecule has 0 spiro atoms. The van der Waals surface area contributed by atoms with Gasteiger partial charge in [-0.25, -0.2) is 10.1 Å². The molecular formula is C14H18N6O2. The quantitative estimate of drug-likeness (QED) is 0.320. The molecule has 0 aliphatic rings. The Morgan fingerprint density at radius 3 is 2.86 bits per heavy atom. The van der Waals surface area contributed by atoms with Gasteiger partial charge in [-0.1, -0.05) is 6.08 Å². The summed E-state index contributed by atoms with van der Waals surface area (Å²) in [4.78, 5) is 0. The lowest BCUT2D eigenvalue weighted by molar-refractivity contribution is 0.371. The highest BCUT2D eigenvalue weighted by atomic mass is 16.5. The third kappa shape index (κ3) is 3.17. The first kappa shape index (κ1) is 15.4. The monoisotopic (exact) mass is 302 g/mol. The first-order valence-corrected chi connectivity index (χ1v) is 6.53. The zero-order valence-corrected chi connectivity index (χ0v) is 12.4. The Balaban J connectivity index is 2.21. The van der Waals surface area contributed by atoms with E-state index in [1.165, 1.54) is 11.8 Å². The van der Waals surface area contributed by atoms with Gasteiger partial charge in [0.1, 0.15) is 0 Å². The van der Waals surface area contributed by atoms with Crippen LogP contribution in [0.4, 0.5) is 5.95 Å². The van der Waals surface area contributed by atoms with Crippen molar-refractivity contribution in [1.82, 2.24) is 14.9 Å². The summed E-state index contributed by atoms with van der Waals surface area (Å²) in [6.45, 7) is 5.40. The Morgan fingerprint density at radius 1 is 1.50 bits per heavy atom. The number of rotatable bonds is 6. The fraction of sp³-hybridized carbons (Fsp3) is 0.214. The van der Waals surface area contributed by atoms with Crippen molar-refractivity contribution in [2.75, 3.05) is 18.4 Å². The Bertz CT molecular complexity index is 708. The highest BCUT2D eigenvalue weighted by Crippen LogP contribution is 2.31. The summed E-state index contributed by atoms with van der Waals surface area (Å²) in [7, 11) is 1.49. The molecule has 0 radical (unpaired) electrons. The molecule has 0 aliphatic carbocycles. The van der Waals surface area contributed by atoms with Crippen LogP contribution >= 0.6 is 0 Å². The van der Waals surface area contributed by atoms with Crippen molar-refractivity contribution in [3.05, 3.63) is 41.7 Å². The summed E-state index contributed by atoms with van der Waals surface area (Å²) >= 11 is 0. The molecule has 4 N–H and O–H groups in total. The van der Waals surface area contributed by atoms with Crippen LogP contribution in [0, 0.1) is 6.92 Å². The number of methoxy groups -OCH3 is 1. The number of phenolic OH excluding ortho intramolecular Hbond substituents is 1. The topological polar surface area (TPSA) is 111 Å². The van der Waals surface area contributed by atoms with Crippen LogP contribution < -0.4 is 16.0 Å². The molecule has 8 nitrogen and oxygen atoms in total. The van der Waals surface area contributed by atoms with Crippen molar-refractivity contribution < 1.29 is 9.84 Å². The van der Waals surface area contributed by atoms with Gasteiger partial charge in [0, 0.05) is 5.56 Å². The number of nitrogen functional groups attached to an aromatic ring is 1. The minimum Gasteiger partial charge on any atom is -0.504 e. The largest absolute Gasteiger partial charge is 0.504 e. The van der Waals surface area contributed by atoms with Crippen LogP contribution in [0.5, 0.6) is 11.5 Å². The van der Waals surface area contributed by atoms with E-state index >= 15 is 0 Å². The molecule has 0 bridgehead atoms. The first-order chi connectivity index (χ1) is 10.6. The number of aryl methyl sites for hydroxylation is 1. The summed E-state index contributed by atoms with van der Waals surface area (Å²) in [6.07, 6.45) is 3.79. The third-order valence-electron chi connectivity index (χ3n) is 3.00. The molecule has 2 aromatic rings. The average molecular weight is 302 g/mol. The van der Waals surface area contributed by atoms with Gasteiger partial charge in [0.25, 0.3) is 5.95 Å². The zero-order valence-electron chi connectivity index (χ0n) is 12.4. The van der Waals surface area contributed by atoms with Crippen LogP contribution in [-0.2, 0) is 6.42 Å². The molecule has 0 fully saturated rings. The highest BCUT2D eigenvalue weighted by Gasteiger charge is 2.09. The van der Waals surface area contributed by atoms with Gasteiger partial charge >= 0.3 is 0 Å². The Hall–Kier alpha value is -3.03. The predicted molar refractivity (Wildman–Crippen MR) is 84.7 cm³/mol. The Kier molecular flexibility index (Phi) is 4.62. The molecule has 116 valence electrons. The lowest BCUT2D eigenvalue weighted by Crippen LogP contribution is -2.13. The second-order valence-electron chi connectivity index (χ2n) is 4.53. The number of nitrogens with zero attached hydrogens (tertiary/aromatic N) is 4. The van der Waals surface area contributed by atoms with Crippen LogP contribution in [-0.4, -0.2) is 33.3 Å². The molecule has 8 heteroatoms. The molecule has 0 amide bonds. The Morgan fingerprint density at radius 2 is 2.27 bits per heavy atom. The molecule has 22 heavy (non-hydrogen) atoms. The number of allylic oxidation sites excluding steroid dienone is 1. The van der Waals surface area contributed by atoms with Crippen LogP contribution in [0.2, 0.25) is 0 Å². The minimum atomic E-state index is 0.102. The van der Waals surface area contributed by atoms with Gasteiger partial charge in [0.15, 0.2) is 17.3 Å². The van der Waals surface area contributed by atoms with Gasteiger partial charge in [-0.15, -0.1) is 16.8 Å². The molecule has 0 saturated heterocycles. The fourth-order valence-corrected chi connectivity index (χ4v) is 1.84. The smallest absolute Gasteiger partial charge is 0.263 e. The second-order valence-corrected chi connectivity index (χ2v) is 4.53.